The molecule has 0 bridgehead atoms. The van der Waals surface area contributed by atoms with Crippen LogP contribution in [-0.4, -0.2) is 51.3 Å². The van der Waals surface area contributed by atoms with Crippen molar-refractivity contribution >= 4 is 0 Å². The molecule has 118 valence electrons. The van der Waals surface area contributed by atoms with Crippen LogP contribution in [0.4, 0.5) is 0 Å². The molecule has 0 spiro atoms. The summed E-state index contributed by atoms with van der Waals surface area (Å²) >= 11 is 0. The molecule has 1 aromatic carbocycles. The van der Waals surface area contributed by atoms with Gasteiger partial charge in [0.05, 0.1) is 7.11 Å². The van der Waals surface area contributed by atoms with E-state index in [0.29, 0.717) is 12.5 Å². The van der Waals surface area contributed by atoms with Gasteiger partial charge in [-0.1, -0.05) is 19.1 Å². The molecular weight excluding hydrogens is 264 g/mol. The quantitative estimate of drug-likeness (QED) is 0.709. The average molecular weight is 292 g/mol. The standard InChI is InChI=1S/C17H28N2O2/c1-15(14-19-10-5-6-11-19)13-18-9-12-21-17-8-4-3-7-16(17)20-2/h3-4,7-8,15,18H,5-6,9-14H2,1-2H3. The zero-order chi connectivity index (χ0) is 14.9. The SMILES string of the molecule is COc1ccccc1OCCNCC(C)CN1CCCC1. The molecule has 1 saturated heterocycles. The molecule has 2 rings (SSSR count). The maximum Gasteiger partial charge on any atom is 0.161 e. The van der Waals surface area contributed by atoms with Crippen LogP contribution in [0, 0.1) is 5.92 Å². The molecule has 4 heteroatoms. The lowest BCUT2D eigenvalue weighted by atomic mass is 10.1. The van der Waals surface area contributed by atoms with Gasteiger partial charge in [-0.25, -0.2) is 0 Å². The van der Waals surface area contributed by atoms with E-state index in [9.17, 15) is 0 Å². The lowest BCUT2D eigenvalue weighted by molar-refractivity contribution is 0.268. The third-order valence-electron chi connectivity index (χ3n) is 3.87. The van der Waals surface area contributed by atoms with E-state index in [-0.39, 0.29) is 0 Å². The van der Waals surface area contributed by atoms with Crippen molar-refractivity contribution in [3.63, 3.8) is 0 Å². The normalized spacial score (nSPS) is 16.9. The number of benzene rings is 1. The van der Waals surface area contributed by atoms with Crippen molar-refractivity contribution in [2.45, 2.75) is 19.8 Å². The summed E-state index contributed by atoms with van der Waals surface area (Å²) in [6, 6.07) is 7.77. The highest BCUT2D eigenvalue weighted by molar-refractivity contribution is 5.39. The van der Waals surface area contributed by atoms with Gasteiger partial charge in [-0.05, 0) is 50.5 Å². The van der Waals surface area contributed by atoms with Gasteiger partial charge in [0.2, 0.25) is 0 Å². The van der Waals surface area contributed by atoms with Crippen LogP contribution in [0.15, 0.2) is 24.3 Å². The molecule has 1 aromatic rings. The summed E-state index contributed by atoms with van der Waals surface area (Å²) in [5.41, 5.74) is 0. The Labute approximate surface area is 128 Å². The second-order valence-corrected chi connectivity index (χ2v) is 5.82. The molecule has 0 aromatic heterocycles. The Kier molecular flexibility index (Phi) is 6.83. The van der Waals surface area contributed by atoms with Crippen LogP contribution in [0.2, 0.25) is 0 Å². The number of rotatable bonds is 9. The Bertz CT molecular complexity index is 406. The fraction of sp³-hybridized carbons (Fsp3) is 0.647. The minimum Gasteiger partial charge on any atom is -0.493 e. The van der Waals surface area contributed by atoms with Crippen LogP contribution in [0.1, 0.15) is 19.8 Å². The number of hydrogen-bond acceptors (Lipinski definition) is 4. The smallest absolute Gasteiger partial charge is 0.161 e. The molecular formula is C17H28N2O2. The molecule has 0 amide bonds. The lowest BCUT2D eigenvalue weighted by Gasteiger charge is -2.20. The third-order valence-corrected chi connectivity index (χ3v) is 3.87. The highest BCUT2D eigenvalue weighted by Crippen LogP contribution is 2.25. The van der Waals surface area contributed by atoms with E-state index in [0.717, 1.165) is 24.6 Å². The summed E-state index contributed by atoms with van der Waals surface area (Å²) in [6.45, 7) is 8.65. The summed E-state index contributed by atoms with van der Waals surface area (Å²) in [7, 11) is 1.67. The second-order valence-electron chi connectivity index (χ2n) is 5.82. The molecule has 1 atom stereocenters. The van der Waals surface area contributed by atoms with Crippen LogP contribution in [0.25, 0.3) is 0 Å². The van der Waals surface area contributed by atoms with Crippen molar-refractivity contribution in [3.05, 3.63) is 24.3 Å². The van der Waals surface area contributed by atoms with Gasteiger partial charge in [0.1, 0.15) is 6.61 Å². The van der Waals surface area contributed by atoms with Crippen LogP contribution >= 0.6 is 0 Å². The maximum absolute atomic E-state index is 5.75. The first kappa shape index (κ1) is 16.1. The van der Waals surface area contributed by atoms with Crippen molar-refractivity contribution in [3.8, 4) is 11.5 Å². The van der Waals surface area contributed by atoms with Gasteiger partial charge >= 0.3 is 0 Å². The summed E-state index contributed by atoms with van der Waals surface area (Å²) in [5, 5.41) is 3.47. The minimum absolute atomic E-state index is 0.663. The zero-order valence-corrected chi connectivity index (χ0v) is 13.3. The topological polar surface area (TPSA) is 33.7 Å². The van der Waals surface area contributed by atoms with Crippen LogP contribution in [0.5, 0.6) is 11.5 Å². The fourth-order valence-corrected chi connectivity index (χ4v) is 2.79. The number of nitrogens with one attached hydrogen (secondary N) is 1. The van der Waals surface area contributed by atoms with E-state index < -0.39 is 0 Å². The molecule has 4 nitrogen and oxygen atoms in total. The van der Waals surface area contributed by atoms with Gasteiger partial charge in [0.25, 0.3) is 0 Å². The zero-order valence-electron chi connectivity index (χ0n) is 13.3. The van der Waals surface area contributed by atoms with Crippen molar-refractivity contribution < 1.29 is 9.47 Å². The number of ether oxygens (including phenoxy) is 2. The number of nitrogens with zero attached hydrogens (tertiary/aromatic N) is 1. The molecule has 1 heterocycles. The van der Waals surface area contributed by atoms with Crippen molar-refractivity contribution in [2.24, 2.45) is 5.92 Å². The van der Waals surface area contributed by atoms with E-state index in [2.05, 4.69) is 17.1 Å². The van der Waals surface area contributed by atoms with Gasteiger partial charge < -0.3 is 19.7 Å². The second kappa shape index (κ2) is 8.90. The first-order valence-electron chi connectivity index (χ1n) is 7.98. The predicted octanol–water partition coefficient (Wildman–Crippen LogP) is 2.40. The molecule has 0 radical (unpaired) electrons. The van der Waals surface area contributed by atoms with Crippen molar-refractivity contribution in [1.82, 2.24) is 10.2 Å². The highest BCUT2D eigenvalue weighted by Gasteiger charge is 2.14. The number of likely N-dealkylation sites (tertiary alicyclic amines) is 1. The summed E-state index contributed by atoms with van der Waals surface area (Å²) < 4.78 is 11.0. The third kappa shape index (κ3) is 5.56. The Morgan fingerprint density at radius 3 is 2.62 bits per heavy atom. The Balaban J connectivity index is 1.57. The van der Waals surface area contributed by atoms with Gasteiger partial charge in [0, 0.05) is 13.1 Å². The predicted molar refractivity (Wildman–Crippen MR) is 86.2 cm³/mol. The molecule has 1 fully saturated rings. The Morgan fingerprint density at radius 1 is 1.19 bits per heavy atom. The molecule has 1 aliphatic heterocycles. The summed E-state index contributed by atoms with van der Waals surface area (Å²) in [5.74, 6) is 2.29. The Hall–Kier alpha value is -1.26. The van der Waals surface area contributed by atoms with Crippen LogP contribution < -0.4 is 14.8 Å². The molecule has 0 saturated carbocycles. The largest absolute Gasteiger partial charge is 0.493 e. The van der Waals surface area contributed by atoms with Crippen molar-refractivity contribution in [2.75, 3.05) is 46.4 Å². The minimum atomic E-state index is 0.663. The molecule has 1 N–H and O–H groups in total. The molecule has 21 heavy (non-hydrogen) atoms. The maximum atomic E-state index is 5.75. The fourth-order valence-electron chi connectivity index (χ4n) is 2.79. The van der Waals surface area contributed by atoms with Crippen molar-refractivity contribution in [1.29, 1.82) is 0 Å². The summed E-state index contributed by atoms with van der Waals surface area (Å²) in [4.78, 5) is 2.57. The van der Waals surface area contributed by atoms with Gasteiger partial charge in [0.15, 0.2) is 11.5 Å². The number of methoxy groups -OCH3 is 1. The number of hydrogen-bond donors (Lipinski definition) is 1. The van der Waals surface area contributed by atoms with E-state index in [1.54, 1.807) is 7.11 Å². The molecule has 0 aliphatic carbocycles. The van der Waals surface area contributed by atoms with Gasteiger partial charge in [-0.2, -0.15) is 0 Å². The monoisotopic (exact) mass is 292 g/mol. The molecule has 1 aliphatic rings. The van der Waals surface area contributed by atoms with E-state index in [1.165, 1.54) is 32.5 Å². The van der Waals surface area contributed by atoms with E-state index >= 15 is 0 Å². The first-order valence-corrected chi connectivity index (χ1v) is 7.98. The Morgan fingerprint density at radius 2 is 1.90 bits per heavy atom. The van der Waals surface area contributed by atoms with Crippen LogP contribution in [-0.2, 0) is 0 Å². The lowest BCUT2D eigenvalue weighted by Crippen LogP contribution is -2.33. The van der Waals surface area contributed by atoms with Gasteiger partial charge in [-0.15, -0.1) is 0 Å². The van der Waals surface area contributed by atoms with E-state index in [1.807, 2.05) is 24.3 Å². The molecule has 1 unspecified atom stereocenters. The number of para-hydroxylation sites is 2. The average Bonchev–Trinajstić information content (AvgIpc) is 3.00. The van der Waals surface area contributed by atoms with Gasteiger partial charge in [-0.3, -0.25) is 0 Å². The van der Waals surface area contributed by atoms with E-state index in [4.69, 9.17) is 9.47 Å². The first-order chi connectivity index (χ1) is 10.3. The summed E-state index contributed by atoms with van der Waals surface area (Å²) in [6.07, 6.45) is 2.74. The van der Waals surface area contributed by atoms with Crippen LogP contribution in [0.3, 0.4) is 0 Å². The highest BCUT2D eigenvalue weighted by atomic mass is 16.5.